The lowest BCUT2D eigenvalue weighted by atomic mass is 9.87. The van der Waals surface area contributed by atoms with Gasteiger partial charge in [0.15, 0.2) is 0 Å². The van der Waals surface area contributed by atoms with E-state index in [1.807, 2.05) is 0 Å². The minimum atomic E-state index is -0.700. The Bertz CT molecular complexity index is 313. The van der Waals surface area contributed by atoms with Crippen molar-refractivity contribution in [2.45, 2.75) is 65.6 Å². The highest BCUT2D eigenvalue weighted by molar-refractivity contribution is 5.73. The molecule has 0 saturated carbocycles. The fourth-order valence-electron chi connectivity index (χ4n) is 2.77. The first-order valence-corrected chi connectivity index (χ1v) is 7.26. The van der Waals surface area contributed by atoms with Crippen LogP contribution in [0.15, 0.2) is 0 Å². The van der Waals surface area contributed by atoms with Gasteiger partial charge in [-0.2, -0.15) is 0 Å². The molecule has 1 aliphatic rings. The minimum absolute atomic E-state index is 0.0714. The zero-order valence-corrected chi connectivity index (χ0v) is 13.0. The average molecular weight is 271 g/mol. The maximum Gasteiger partial charge on any atom is 0.309 e. The summed E-state index contributed by atoms with van der Waals surface area (Å²) in [5.41, 5.74) is -0.671. The molecule has 0 radical (unpaired) electrons. The monoisotopic (exact) mass is 271 g/mol. The maximum absolute atomic E-state index is 11.0. The van der Waals surface area contributed by atoms with Crippen LogP contribution in [0.4, 0.5) is 0 Å². The lowest BCUT2D eigenvalue weighted by molar-refractivity contribution is -0.147. The van der Waals surface area contributed by atoms with E-state index in [0.29, 0.717) is 0 Å². The van der Waals surface area contributed by atoms with Crippen molar-refractivity contribution in [3.63, 3.8) is 0 Å². The first kappa shape index (κ1) is 16.4. The lowest BCUT2D eigenvalue weighted by Gasteiger charge is -2.41. The van der Waals surface area contributed by atoms with Gasteiger partial charge in [-0.05, 0) is 54.0 Å². The second kappa shape index (κ2) is 6.23. The Morgan fingerprint density at radius 1 is 1.42 bits per heavy atom. The Labute approximate surface area is 117 Å². The number of carboxylic acid groups (broad SMARTS) is 1. The molecule has 0 aromatic rings. The van der Waals surface area contributed by atoms with Crippen LogP contribution in [-0.2, 0) is 9.53 Å². The van der Waals surface area contributed by atoms with Crippen molar-refractivity contribution in [1.82, 2.24) is 4.90 Å². The SMILES string of the molecule is CC1CN(CCCCC(C)(C)C(=O)O)CC(C)(C)O1. The van der Waals surface area contributed by atoms with Crippen LogP contribution in [0.5, 0.6) is 0 Å². The average Bonchev–Trinajstić information content (AvgIpc) is 2.21. The number of nitrogens with zero attached hydrogens (tertiary/aromatic N) is 1. The molecule has 0 aromatic carbocycles. The van der Waals surface area contributed by atoms with Crippen LogP contribution in [0.2, 0.25) is 0 Å². The molecule has 112 valence electrons. The van der Waals surface area contributed by atoms with Crippen LogP contribution in [0.3, 0.4) is 0 Å². The summed E-state index contributed by atoms with van der Waals surface area (Å²) in [6.07, 6.45) is 3.04. The Kier molecular flexibility index (Phi) is 5.39. The molecule has 0 aromatic heterocycles. The minimum Gasteiger partial charge on any atom is -0.481 e. The van der Waals surface area contributed by atoms with Gasteiger partial charge in [0.2, 0.25) is 0 Å². The van der Waals surface area contributed by atoms with Gasteiger partial charge in [0.05, 0.1) is 17.1 Å². The molecule has 0 aliphatic carbocycles. The van der Waals surface area contributed by atoms with Crippen LogP contribution in [0, 0.1) is 5.41 Å². The van der Waals surface area contributed by atoms with Gasteiger partial charge in [0.1, 0.15) is 0 Å². The van der Waals surface area contributed by atoms with E-state index in [9.17, 15) is 4.79 Å². The highest BCUT2D eigenvalue weighted by atomic mass is 16.5. The molecule has 1 N–H and O–H groups in total. The normalized spacial score (nSPS) is 24.4. The molecule has 1 fully saturated rings. The van der Waals surface area contributed by atoms with Gasteiger partial charge in [-0.15, -0.1) is 0 Å². The third-order valence-electron chi connectivity index (χ3n) is 3.74. The van der Waals surface area contributed by atoms with Gasteiger partial charge in [0, 0.05) is 13.1 Å². The van der Waals surface area contributed by atoms with Crippen molar-refractivity contribution >= 4 is 5.97 Å². The molecule has 1 aliphatic heterocycles. The zero-order chi connectivity index (χ0) is 14.7. The van der Waals surface area contributed by atoms with Crippen molar-refractivity contribution in [2.75, 3.05) is 19.6 Å². The summed E-state index contributed by atoms with van der Waals surface area (Å²) in [7, 11) is 0. The predicted molar refractivity (Wildman–Crippen MR) is 76.3 cm³/mol. The number of aliphatic carboxylic acids is 1. The van der Waals surface area contributed by atoms with E-state index >= 15 is 0 Å². The van der Waals surface area contributed by atoms with Crippen LogP contribution in [0.1, 0.15) is 53.9 Å². The highest BCUT2D eigenvalue weighted by Crippen LogP contribution is 2.24. The highest BCUT2D eigenvalue weighted by Gasteiger charge is 2.31. The Balaban J connectivity index is 2.28. The van der Waals surface area contributed by atoms with Gasteiger partial charge in [-0.25, -0.2) is 0 Å². The summed E-state index contributed by atoms with van der Waals surface area (Å²) in [6.45, 7) is 12.9. The third-order valence-corrected chi connectivity index (χ3v) is 3.74. The summed E-state index contributed by atoms with van der Waals surface area (Å²) >= 11 is 0. The van der Waals surface area contributed by atoms with Gasteiger partial charge in [-0.3, -0.25) is 9.69 Å². The molecule has 1 saturated heterocycles. The molecule has 0 bridgehead atoms. The van der Waals surface area contributed by atoms with E-state index in [1.165, 1.54) is 0 Å². The van der Waals surface area contributed by atoms with E-state index in [0.717, 1.165) is 38.9 Å². The van der Waals surface area contributed by atoms with Crippen molar-refractivity contribution in [3.8, 4) is 0 Å². The number of hydrogen-bond acceptors (Lipinski definition) is 3. The Morgan fingerprint density at radius 3 is 2.58 bits per heavy atom. The van der Waals surface area contributed by atoms with Crippen LogP contribution >= 0.6 is 0 Å². The quantitative estimate of drug-likeness (QED) is 0.755. The lowest BCUT2D eigenvalue weighted by Crippen LogP contribution is -2.51. The summed E-state index contributed by atoms with van der Waals surface area (Å²) in [5.74, 6) is -0.700. The molecule has 0 amide bonds. The number of carboxylic acids is 1. The van der Waals surface area contributed by atoms with E-state index in [2.05, 4.69) is 25.7 Å². The van der Waals surface area contributed by atoms with E-state index < -0.39 is 11.4 Å². The molecular formula is C15H29NO3. The van der Waals surface area contributed by atoms with Crippen LogP contribution in [0.25, 0.3) is 0 Å². The summed E-state index contributed by atoms with van der Waals surface area (Å²) in [4.78, 5) is 13.5. The number of ether oxygens (including phenoxy) is 1. The Hall–Kier alpha value is -0.610. The predicted octanol–water partition coefficient (Wildman–Crippen LogP) is 2.77. The molecule has 4 heteroatoms. The second-order valence-electron chi connectivity index (χ2n) is 7.07. The molecule has 19 heavy (non-hydrogen) atoms. The van der Waals surface area contributed by atoms with E-state index in [4.69, 9.17) is 9.84 Å². The van der Waals surface area contributed by atoms with Crippen LogP contribution in [-0.4, -0.2) is 47.3 Å². The zero-order valence-electron chi connectivity index (χ0n) is 13.0. The summed E-state index contributed by atoms with van der Waals surface area (Å²) in [5, 5.41) is 9.07. The number of hydrogen-bond donors (Lipinski definition) is 1. The molecule has 1 unspecified atom stereocenters. The van der Waals surface area contributed by atoms with E-state index in [1.54, 1.807) is 13.8 Å². The number of morpholine rings is 1. The summed E-state index contributed by atoms with van der Waals surface area (Å²) < 4.78 is 5.88. The molecule has 4 nitrogen and oxygen atoms in total. The van der Waals surface area contributed by atoms with Crippen LogP contribution < -0.4 is 0 Å². The summed E-state index contributed by atoms with van der Waals surface area (Å²) in [6, 6.07) is 0. The van der Waals surface area contributed by atoms with Gasteiger partial charge >= 0.3 is 5.97 Å². The van der Waals surface area contributed by atoms with Gasteiger partial charge in [-0.1, -0.05) is 6.42 Å². The molecule has 1 rings (SSSR count). The smallest absolute Gasteiger partial charge is 0.309 e. The number of rotatable bonds is 6. The van der Waals surface area contributed by atoms with Crippen molar-refractivity contribution in [1.29, 1.82) is 0 Å². The standard InChI is InChI=1S/C15H29NO3/c1-12-10-16(11-15(4,5)19-12)9-7-6-8-14(2,3)13(17)18/h12H,6-11H2,1-5H3,(H,17,18). The topological polar surface area (TPSA) is 49.8 Å². The largest absolute Gasteiger partial charge is 0.481 e. The molecule has 0 spiro atoms. The molecular weight excluding hydrogens is 242 g/mol. The van der Waals surface area contributed by atoms with Crippen molar-refractivity contribution in [3.05, 3.63) is 0 Å². The fourth-order valence-corrected chi connectivity index (χ4v) is 2.77. The van der Waals surface area contributed by atoms with Crippen molar-refractivity contribution < 1.29 is 14.6 Å². The third kappa shape index (κ3) is 5.49. The first-order chi connectivity index (χ1) is 8.62. The van der Waals surface area contributed by atoms with Crippen molar-refractivity contribution in [2.24, 2.45) is 5.41 Å². The number of carbonyl (C=O) groups is 1. The molecule has 1 heterocycles. The fraction of sp³-hybridized carbons (Fsp3) is 0.933. The van der Waals surface area contributed by atoms with Gasteiger partial charge < -0.3 is 9.84 Å². The second-order valence-corrected chi connectivity index (χ2v) is 7.07. The molecule has 1 atom stereocenters. The Morgan fingerprint density at radius 2 is 2.05 bits per heavy atom. The number of unbranched alkanes of at least 4 members (excludes halogenated alkanes) is 1. The van der Waals surface area contributed by atoms with E-state index in [-0.39, 0.29) is 11.7 Å². The maximum atomic E-state index is 11.0. The first-order valence-electron chi connectivity index (χ1n) is 7.26. The van der Waals surface area contributed by atoms with Gasteiger partial charge in [0.25, 0.3) is 0 Å².